The summed E-state index contributed by atoms with van der Waals surface area (Å²) >= 11 is 0. The van der Waals surface area contributed by atoms with E-state index in [4.69, 9.17) is 10.00 Å². The molecule has 0 unspecified atom stereocenters. The number of aromatic nitrogens is 2. The van der Waals surface area contributed by atoms with Gasteiger partial charge in [0.15, 0.2) is 11.5 Å². The van der Waals surface area contributed by atoms with E-state index in [1.165, 1.54) is 44.1 Å². The number of hydrogen-bond donors (Lipinski definition) is 2. The molecule has 2 N–H and O–H groups in total. The van der Waals surface area contributed by atoms with Gasteiger partial charge < -0.3 is 19.9 Å². The van der Waals surface area contributed by atoms with Gasteiger partial charge in [-0.15, -0.1) is 0 Å². The molecule has 4 rings (SSSR count). The van der Waals surface area contributed by atoms with Crippen LogP contribution >= 0.6 is 0 Å². The maximum atomic E-state index is 12.8. The molecule has 1 amide bonds. The standard InChI is InChI=1S/C26H33N5O2/c1-26(2,33-15-14-31-12-6-7-13-31)20-10-11-23(22(16-20)19-8-4-3-5-9-19)30-25(32)24-28-18-21(17-27)29-24/h8,10-11,16,18H,3-7,9,12-15H2,1-2H3,(H,28,29)(H,30,32). The molecule has 2 heterocycles. The second kappa shape index (κ2) is 10.3. The third kappa shape index (κ3) is 5.70. The van der Waals surface area contributed by atoms with Gasteiger partial charge in [-0.05, 0) is 88.7 Å². The summed E-state index contributed by atoms with van der Waals surface area (Å²) in [6.45, 7) is 8.21. The molecule has 7 heteroatoms. The quantitative estimate of drug-likeness (QED) is 0.604. The van der Waals surface area contributed by atoms with E-state index in [2.05, 4.69) is 46.2 Å². The van der Waals surface area contributed by atoms with Crippen LogP contribution in [0, 0.1) is 11.3 Å². The molecule has 174 valence electrons. The fourth-order valence-electron chi connectivity index (χ4n) is 4.57. The summed E-state index contributed by atoms with van der Waals surface area (Å²) in [7, 11) is 0. The number of imidazole rings is 1. The van der Waals surface area contributed by atoms with E-state index in [0.717, 1.165) is 42.6 Å². The lowest BCUT2D eigenvalue weighted by Gasteiger charge is -2.29. The number of amides is 1. The number of allylic oxidation sites excluding steroid dienone is 2. The molecule has 2 aliphatic rings. The molecule has 1 saturated heterocycles. The average molecular weight is 448 g/mol. The van der Waals surface area contributed by atoms with Crippen molar-refractivity contribution in [1.29, 1.82) is 5.26 Å². The van der Waals surface area contributed by atoms with Crippen molar-refractivity contribution in [2.24, 2.45) is 0 Å². The number of nitriles is 1. The molecule has 1 aliphatic carbocycles. The zero-order valence-corrected chi connectivity index (χ0v) is 19.6. The van der Waals surface area contributed by atoms with Crippen LogP contribution in [0.3, 0.4) is 0 Å². The normalized spacial score (nSPS) is 16.9. The largest absolute Gasteiger partial charge is 0.370 e. The van der Waals surface area contributed by atoms with E-state index in [1.54, 1.807) is 0 Å². The van der Waals surface area contributed by atoms with Gasteiger partial charge in [0, 0.05) is 24.0 Å². The molecule has 1 aromatic heterocycles. The van der Waals surface area contributed by atoms with E-state index in [9.17, 15) is 4.79 Å². The summed E-state index contributed by atoms with van der Waals surface area (Å²) in [6.07, 6.45) is 10.6. The summed E-state index contributed by atoms with van der Waals surface area (Å²) in [5.41, 5.74) is 3.88. The topological polar surface area (TPSA) is 94.0 Å². The summed E-state index contributed by atoms with van der Waals surface area (Å²) in [4.78, 5) is 22.0. The molecule has 1 fully saturated rings. The van der Waals surface area contributed by atoms with Crippen LogP contribution < -0.4 is 5.32 Å². The first-order valence-corrected chi connectivity index (χ1v) is 11.9. The van der Waals surface area contributed by atoms with Gasteiger partial charge in [-0.25, -0.2) is 4.98 Å². The van der Waals surface area contributed by atoms with Crippen LogP contribution in [0.1, 0.15) is 79.8 Å². The first-order chi connectivity index (χ1) is 16.0. The van der Waals surface area contributed by atoms with Crippen LogP contribution in [-0.2, 0) is 10.3 Å². The summed E-state index contributed by atoms with van der Waals surface area (Å²) in [6, 6.07) is 8.08. The van der Waals surface area contributed by atoms with Crippen LogP contribution in [0.25, 0.3) is 5.57 Å². The highest BCUT2D eigenvalue weighted by Crippen LogP contribution is 2.36. The Morgan fingerprint density at radius 2 is 2.09 bits per heavy atom. The molecule has 0 saturated carbocycles. The number of likely N-dealkylation sites (tertiary alicyclic amines) is 1. The van der Waals surface area contributed by atoms with E-state index < -0.39 is 5.60 Å². The third-order valence-corrected chi connectivity index (χ3v) is 6.58. The van der Waals surface area contributed by atoms with Crippen molar-refractivity contribution in [1.82, 2.24) is 14.9 Å². The van der Waals surface area contributed by atoms with Crippen LogP contribution in [0.4, 0.5) is 5.69 Å². The average Bonchev–Trinajstić information content (AvgIpc) is 3.52. The van der Waals surface area contributed by atoms with Crippen molar-refractivity contribution in [2.45, 2.75) is 58.0 Å². The first-order valence-electron chi connectivity index (χ1n) is 11.9. The molecule has 1 aliphatic heterocycles. The summed E-state index contributed by atoms with van der Waals surface area (Å²) in [5.74, 6) is -0.229. The highest BCUT2D eigenvalue weighted by Gasteiger charge is 2.25. The van der Waals surface area contributed by atoms with Crippen molar-refractivity contribution in [2.75, 3.05) is 31.6 Å². The van der Waals surface area contributed by atoms with Crippen molar-refractivity contribution < 1.29 is 9.53 Å². The summed E-state index contributed by atoms with van der Waals surface area (Å²) < 4.78 is 6.33. The van der Waals surface area contributed by atoms with E-state index >= 15 is 0 Å². The number of aromatic amines is 1. The van der Waals surface area contributed by atoms with Crippen molar-refractivity contribution in [3.63, 3.8) is 0 Å². The van der Waals surface area contributed by atoms with Crippen molar-refractivity contribution in [3.05, 3.63) is 53.1 Å². The number of carbonyl (C=O) groups is 1. The number of H-pyrrole nitrogens is 1. The fraction of sp³-hybridized carbons (Fsp3) is 0.500. The van der Waals surface area contributed by atoms with Crippen molar-refractivity contribution >= 4 is 17.2 Å². The Labute approximate surface area is 195 Å². The molecule has 1 aromatic carbocycles. The molecule has 0 radical (unpaired) electrons. The Morgan fingerprint density at radius 3 is 2.79 bits per heavy atom. The van der Waals surface area contributed by atoms with Gasteiger partial charge in [-0.2, -0.15) is 5.26 Å². The Hall–Kier alpha value is -2.95. The smallest absolute Gasteiger partial charge is 0.291 e. The van der Waals surface area contributed by atoms with Crippen LogP contribution in [-0.4, -0.2) is 47.0 Å². The maximum absolute atomic E-state index is 12.8. The number of nitrogens with zero attached hydrogens (tertiary/aromatic N) is 3. The number of carbonyl (C=O) groups excluding carboxylic acids is 1. The van der Waals surface area contributed by atoms with Crippen LogP contribution in [0.2, 0.25) is 0 Å². The monoisotopic (exact) mass is 447 g/mol. The van der Waals surface area contributed by atoms with E-state index in [1.807, 2.05) is 18.2 Å². The van der Waals surface area contributed by atoms with E-state index in [0.29, 0.717) is 6.61 Å². The molecule has 2 aromatic rings. The van der Waals surface area contributed by atoms with Gasteiger partial charge in [0.1, 0.15) is 6.07 Å². The Morgan fingerprint density at radius 1 is 1.27 bits per heavy atom. The maximum Gasteiger partial charge on any atom is 0.291 e. The summed E-state index contributed by atoms with van der Waals surface area (Å²) in [5, 5.41) is 12.0. The molecule has 33 heavy (non-hydrogen) atoms. The first kappa shape index (κ1) is 23.2. The fourth-order valence-corrected chi connectivity index (χ4v) is 4.57. The molecular weight excluding hydrogens is 414 g/mol. The van der Waals surface area contributed by atoms with Gasteiger partial charge in [0.05, 0.1) is 12.2 Å². The minimum atomic E-state index is -0.436. The highest BCUT2D eigenvalue weighted by molar-refractivity contribution is 6.03. The molecule has 0 atom stereocenters. The molecule has 7 nitrogen and oxygen atoms in total. The SMILES string of the molecule is CC(C)(OCCN1CCCC1)c1ccc(NC(=O)c2nc(C#N)c[nH]2)c(C2=CCCCC2)c1. The highest BCUT2D eigenvalue weighted by atomic mass is 16.5. The number of benzene rings is 1. The lowest BCUT2D eigenvalue weighted by atomic mass is 9.88. The molecular formula is C26H33N5O2. The Balaban J connectivity index is 1.54. The predicted molar refractivity (Wildman–Crippen MR) is 129 cm³/mol. The number of rotatable bonds is 8. The third-order valence-electron chi connectivity index (χ3n) is 6.58. The zero-order chi connectivity index (χ0) is 23.3. The minimum Gasteiger partial charge on any atom is -0.370 e. The van der Waals surface area contributed by atoms with Crippen LogP contribution in [0.15, 0.2) is 30.5 Å². The zero-order valence-electron chi connectivity index (χ0n) is 19.6. The number of ether oxygens (including phenoxy) is 1. The van der Waals surface area contributed by atoms with Gasteiger partial charge >= 0.3 is 0 Å². The second-order valence-electron chi connectivity index (χ2n) is 9.34. The van der Waals surface area contributed by atoms with Crippen molar-refractivity contribution in [3.8, 4) is 6.07 Å². The lowest BCUT2D eigenvalue weighted by molar-refractivity contribution is -0.0288. The Kier molecular flexibility index (Phi) is 7.26. The number of anilines is 1. The molecule has 0 bridgehead atoms. The van der Waals surface area contributed by atoms with Gasteiger partial charge in [0.2, 0.25) is 0 Å². The lowest BCUT2D eigenvalue weighted by Crippen LogP contribution is -2.29. The van der Waals surface area contributed by atoms with Gasteiger partial charge in [0.25, 0.3) is 5.91 Å². The molecule has 0 spiro atoms. The van der Waals surface area contributed by atoms with Gasteiger partial charge in [-0.3, -0.25) is 4.79 Å². The van der Waals surface area contributed by atoms with Gasteiger partial charge in [-0.1, -0.05) is 12.1 Å². The minimum absolute atomic E-state index is 0.129. The van der Waals surface area contributed by atoms with Crippen LogP contribution in [0.5, 0.6) is 0 Å². The second-order valence-corrected chi connectivity index (χ2v) is 9.34. The Bertz CT molecular complexity index is 1060. The number of nitrogens with one attached hydrogen (secondary N) is 2. The predicted octanol–water partition coefficient (Wildman–Crippen LogP) is 4.84. The number of hydrogen-bond acceptors (Lipinski definition) is 5. The van der Waals surface area contributed by atoms with E-state index in [-0.39, 0.29) is 17.4 Å².